The van der Waals surface area contributed by atoms with E-state index in [1.54, 1.807) is 7.11 Å². The minimum atomic E-state index is 0.518. The molecule has 0 fully saturated rings. The highest BCUT2D eigenvalue weighted by molar-refractivity contribution is 5.09. The van der Waals surface area contributed by atoms with E-state index in [1.807, 2.05) is 19.1 Å². The summed E-state index contributed by atoms with van der Waals surface area (Å²) in [5.74, 6) is 0.518. The molecule has 0 bridgehead atoms. The van der Waals surface area contributed by atoms with Crippen LogP contribution < -0.4 is 0 Å². The molecule has 0 aliphatic carbocycles. The van der Waals surface area contributed by atoms with Crippen molar-refractivity contribution in [1.29, 1.82) is 0 Å². The van der Waals surface area contributed by atoms with Crippen molar-refractivity contribution in [1.82, 2.24) is 0 Å². The highest BCUT2D eigenvalue weighted by atomic mass is 16.5. The van der Waals surface area contributed by atoms with Gasteiger partial charge in [0.1, 0.15) is 0 Å². The number of methoxy groups -OCH3 is 1. The maximum Gasteiger partial charge on any atom is 0.0677 e. The van der Waals surface area contributed by atoms with Crippen LogP contribution in [0, 0.1) is 5.92 Å². The van der Waals surface area contributed by atoms with Crippen LogP contribution in [0.2, 0.25) is 0 Å². The molecule has 0 saturated heterocycles. The van der Waals surface area contributed by atoms with Crippen LogP contribution in [0.25, 0.3) is 0 Å². The molecule has 0 saturated carbocycles. The minimum absolute atomic E-state index is 0.518. The van der Waals surface area contributed by atoms with Gasteiger partial charge in [-0.3, -0.25) is 0 Å². The van der Waals surface area contributed by atoms with Gasteiger partial charge < -0.3 is 9.47 Å². The van der Waals surface area contributed by atoms with E-state index in [2.05, 4.69) is 19.9 Å². The molecule has 0 N–H and O–H groups in total. The van der Waals surface area contributed by atoms with Crippen molar-refractivity contribution in [2.75, 3.05) is 26.9 Å². The molecule has 0 heterocycles. The Balaban J connectivity index is 3.67. The van der Waals surface area contributed by atoms with Gasteiger partial charge in [0.2, 0.25) is 0 Å². The Morgan fingerprint density at radius 3 is 2.60 bits per heavy atom. The third kappa shape index (κ3) is 8.40. The Kier molecular flexibility index (Phi) is 9.54. The molecule has 0 radical (unpaired) electrons. The summed E-state index contributed by atoms with van der Waals surface area (Å²) in [6, 6.07) is 0. The van der Waals surface area contributed by atoms with Crippen LogP contribution in [0.5, 0.6) is 0 Å². The predicted molar refractivity (Wildman–Crippen MR) is 65.0 cm³/mol. The summed E-state index contributed by atoms with van der Waals surface area (Å²) >= 11 is 0. The zero-order valence-corrected chi connectivity index (χ0v) is 10.5. The molecule has 2 heteroatoms. The van der Waals surface area contributed by atoms with Crippen molar-refractivity contribution in [2.24, 2.45) is 5.92 Å². The monoisotopic (exact) mass is 212 g/mol. The van der Waals surface area contributed by atoms with Gasteiger partial charge in [0.15, 0.2) is 0 Å². The van der Waals surface area contributed by atoms with Gasteiger partial charge in [-0.25, -0.2) is 0 Å². The molecule has 15 heavy (non-hydrogen) atoms. The Labute approximate surface area is 94.0 Å². The van der Waals surface area contributed by atoms with Crippen LogP contribution in [0.15, 0.2) is 23.8 Å². The second-order valence-corrected chi connectivity index (χ2v) is 3.78. The molecule has 0 amide bonds. The zero-order chi connectivity index (χ0) is 11.5. The molecule has 0 aromatic rings. The lowest BCUT2D eigenvalue weighted by molar-refractivity contribution is 0.0661. The summed E-state index contributed by atoms with van der Waals surface area (Å²) in [5, 5.41) is 0. The molecule has 0 aromatic carbocycles. The fourth-order valence-corrected chi connectivity index (χ4v) is 1.21. The zero-order valence-electron chi connectivity index (χ0n) is 10.5. The van der Waals surface area contributed by atoms with E-state index in [4.69, 9.17) is 9.47 Å². The fraction of sp³-hybridized carbons (Fsp3) is 0.692. The largest absolute Gasteiger partial charge is 0.384 e. The summed E-state index contributed by atoms with van der Waals surface area (Å²) in [6.45, 7) is 8.53. The molecule has 1 atom stereocenters. The maximum absolute atomic E-state index is 5.62. The van der Waals surface area contributed by atoms with E-state index in [9.17, 15) is 0 Å². The maximum atomic E-state index is 5.62. The highest BCUT2D eigenvalue weighted by Crippen LogP contribution is 2.04. The quantitative estimate of drug-likeness (QED) is 0.575. The summed E-state index contributed by atoms with van der Waals surface area (Å²) in [6.07, 6.45) is 7.23. The Morgan fingerprint density at radius 2 is 2.07 bits per heavy atom. The van der Waals surface area contributed by atoms with E-state index in [0.717, 1.165) is 19.6 Å². The van der Waals surface area contributed by atoms with Gasteiger partial charge in [0.05, 0.1) is 19.8 Å². The van der Waals surface area contributed by atoms with Crippen molar-refractivity contribution in [2.45, 2.75) is 27.2 Å². The number of ether oxygens (including phenoxy) is 2. The van der Waals surface area contributed by atoms with E-state index in [0.29, 0.717) is 12.5 Å². The van der Waals surface area contributed by atoms with Crippen molar-refractivity contribution in [3.05, 3.63) is 23.8 Å². The standard InChI is InChI=1S/C13H24O2/c1-5-7-8-12(3)9-15-11-13(6-2)10-14-4/h5,7-8,13H,6,9-11H2,1-4H3/b7-5-,12-8+. The molecule has 1 unspecified atom stereocenters. The van der Waals surface area contributed by atoms with E-state index < -0.39 is 0 Å². The summed E-state index contributed by atoms with van der Waals surface area (Å²) in [5.41, 5.74) is 1.25. The Bertz CT molecular complexity index is 195. The van der Waals surface area contributed by atoms with Gasteiger partial charge in [-0.2, -0.15) is 0 Å². The first-order valence-corrected chi connectivity index (χ1v) is 5.59. The first kappa shape index (κ1) is 14.4. The van der Waals surface area contributed by atoms with Gasteiger partial charge >= 0.3 is 0 Å². The molecule has 2 nitrogen and oxygen atoms in total. The topological polar surface area (TPSA) is 18.5 Å². The van der Waals surface area contributed by atoms with Crippen molar-refractivity contribution in [3.63, 3.8) is 0 Å². The molecule has 0 rings (SSSR count). The Hall–Kier alpha value is -0.600. The molecule has 0 aromatic heterocycles. The average molecular weight is 212 g/mol. The molecule has 88 valence electrons. The van der Waals surface area contributed by atoms with Gasteiger partial charge in [-0.1, -0.05) is 25.2 Å². The van der Waals surface area contributed by atoms with Crippen LogP contribution >= 0.6 is 0 Å². The first-order chi connectivity index (χ1) is 7.24. The van der Waals surface area contributed by atoms with Crippen LogP contribution in [-0.2, 0) is 9.47 Å². The van der Waals surface area contributed by atoms with Gasteiger partial charge in [-0.15, -0.1) is 0 Å². The van der Waals surface area contributed by atoms with Crippen molar-refractivity contribution in [3.8, 4) is 0 Å². The van der Waals surface area contributed by atoms with Crippen LogP contribution in [-0.4, -0.2) is 26.9 Å². The van der Waals surface area contributed by atoms with Gasteiger partial charge in [-0.05, 0) is 25.8 Å². The van der Waals surface area contributed by atoms with E-state index >= 15 is 0 Å². The predicted octanol–water partition coefficient (Wildman–Crippen LogP) is 3.20. The average Bonchev–Trinajstić information content (AvgIpc) is 2.25. The third-order valence-electron chi connectivity index (χ3n) is 2.24. The summed E-state index contributed by atoms with van der Waals surface area (Å²) < 4.78 is 10.7. The van der Waals surface area contributed by atoms with Crippen molar-refractivity contribution >= 4 is 0 Å². The lowest BCUT2D eigenvalue weighted by atomic mass is 10.1. The molecule has 0 spiro atoms. The molecule has 0 aliphatic rings. The van der Waals surface area contributed by atoms with Gasteiger partial charge in [0, 0.05) is 13.0 Å². The van der Waals surface area contributed by atoms with Crippen molar-refractivity contribution < 1.29 is 9.47 Å². The molecular weight excluding hydrogens is 188 g/mol. The first-order valence-electron chi connectivity index (χ1n) is 5.59. The fourth-order valence-electron chi connectivity index (χ4n) is 1.21. The highest BCUT2D eigenvalue weighted by Gasteiger charge is 2.05. The lowest BCUT2D eigenvalue weighted by Crippen LogP contribution is -2.15. The number of allylic oxidation sites excluding steroid dienone is 3. The lowest BCUT2D eigenvalue weighted by Gasteiger charge is -2.13. The van der Waals surface area contributed by atoms with Crippen LogP contribution in [0.1, 0.15) is 27.2 Å². The van der Waals surface area contributed by atoms with E-state index in [1.165, 1.54) is 5.57 Å². The number of hydrogen-bond acceptors (Lipinski definition) is 2. The van der Waals surface area contributed by atoms with E-state index in [-0.39, 0.29) is 0 Å². The molecule has 0 aliphatic heterocycles. The third-order valence-corrected chi connectivity index (χ3v) is 2.24. The smallest absolute Gasteiger partial charge is 0.0677 e. The van der Waals surface area contributed by atoms with Crippen LogP contribution in [0.3, 0.4) is 0 Å². The normalized spacial score (nSPS) is 14.8. The van der Waals surface area contributed by atoms with Crippen LogP contribution in [0.4, 0.5) is 0 Å². The minimum Gasteiger partial charge on any atom is -0.384 e. The summed E-state index contributed by atoms with van der Waals surface area (Å²) in [7, 11) is 1.74. The Morgan fingerprint density at radius 1 is 1.33 bits per heavy atom. The summed E-state index contributed by atoms with van der Waals surface area (Å²) in [4.78, 5) is 0. The van der Waals surface area contributed by atoms with Gasteiger partial charge in [0.25, 0.3) is 0 Å². The number of hydrogen-bond donors (Lipinski definition) is 0. The second kappa shape index (κ2) is 9.94. The SMILES string of the molecule is C/C=C\C=C(/C)COCC(CC)COC. The molecular formula is C13H24O2. The number of rotatable bonds is 8. The second-order valence-electron chi connectivity index (χ2n) is 3.78.